The highest BCUT2D eigenvalue weighted by molar-refractivity contribution is 9.10. The average molecular weight is 541 g/mol. The lowest BCUT2D eigenvalue weighted by Gasteiger charge is -2.16. The molecule has 1 aliphatic heterocycles. The van der Waals surface area contributed by atoms with Gasteiger partial charge in [-0.2, -0.15) is 0 Å². The number of nitrogens with zero attached hydrogens (tertiary/aromatic N) is 2. The van der Waals surface area contributed by atoms with Crippen molar-refractivity contribution < 1.29 is 18.7 Å². The number of likely N-dealkylation sites (N-methyl/N-ethyl adjacent to an activating group) is 1. The van der Waals surface area contributed by atoms with E-state index < -0.39 is 0 Å². The molecule has 0 saturated carbocycles. The molecule has 0 unspecified atom stereocenters. The molecule has 1 saturated heterocycles. The fraction of sp³-hybridized carbons (Fsp3) is 0.154. The fourth-order valence-corrected chi connectivity index (χ4v) is 4.31. The second-order valence-corrected chi connectivity index (χ2v) is 8.77. The Morgan fingerprint density at radius 2 is 1.82 bits per heavy atom. The zero-order valence-electron chi connectivity index (χ0n) is 18.6. The Labute approximate surface area is 211 Å². The van der Waals surface area contributed by atoms with Crippen molar-refractivity contribution in [2.45, 2.75) is 13.5 Å². The van der Waals surface area contributed by atoms with Gasteiger partial charge in [0.2, 0.25) is 0 Å². The zero-order chi connectivity index (χ0) is 24.2. The molecular weight excluding hydrogens is 519 g/mol. The van der Waals surface area contributed by atoms with E-state index in [0.29, 0.717) is 28.9 Å². The van der Waals surface area contributed by atoms with Crippen LogP contribution in [-0.4, -0.2) is 29.6 Å². The molecular formula is C26H22BrFN2O3S. The smallest absolute Gasteiger partial charge is 0.281 e. The van der Waals surface area contributed by atoms with Crippen LogP contribution >= 0.6 is 28.1 Å². The van der Waals surface area contributed by atoms with E-state index in [4.69, 9.17) is 21.7 Å². The molecule has 3 aromatic carbocycles. The first-order valence-corrected chi connectivity index (χ1v) is 11.8. The summed E-state index contributed by atoms with van der Waals surface area (Å²) >= 11 is 9.06. The van der Waals surface area contributed by atoms with Crippen molar-refractivity contribution >= 4 is 50.9 Å². The Balaban J connectivity index is 1.52. The molecule has 0 atom stereocenters. The molecule has 0 radical (unpaired) electrons. The summed E-state index contributed by atoms with van der Waals surface area (Å²) in [6.45, 7) is 2.73. The molecule has 0 aliphatic carbocycles. The minimum absolute atomic E-state index is 0.209. The van der Waals surface area contributed by atoms with Gasteiger partial charge in [-0.05, 0) is 101 Å². The summed E-state index contributed by atoms with van der Waals surface area (Å²) in [5.41, 5.74) is 2.67. The van der Waals surface area contributed by atoms with Gasteiger partial charge in [-0.15, -0.1) is 0 Å². The maximum atomic E-state index is 13.4. The van der Waals surface area contributed by atoms with Crippen molar-refractivity contribution in [2.24, 2.45) is 0 Å². The number of carbonyl (C=O) groups is 1. The van der Waals surface area contributed by atoms with Crippen molar-refractivity contribution in [3.8, 4) is 11.5 Å². The van der Waals surface area contributed by atoms with E-state index in [1.54, 1.807) is 36.2 Å². The molecule has 8 heteroatoms. The molecule has 3 aromatic rings. The van der Waals surface area contributed by atoms with E-state index >= 15 is 0 Å². The highest BCUT2D eigenvalue weighted by Gasteiger charge is 2.36. The van der Waals surface area contributed by atoms with Crippen LogP contribution in [0.4, 0.5) is 10.1 Å². The van der Waals surface area contributed by atoms with Crippen molar-refractivity contribution in [1.29, 1.82) is 0 Å². The lowest BCUT2D eigenvalue weighted by Crippen LogP contribution is -2.31. The van der Waals surface area contributed by atoms with Crippen LogP contribution in [0.3, 0.4) is 0 Å². The van der Waals surface area contributed by atoms with Gasteiger partial charge in [0.05, 0.1) is 16.8 Å². The van der Waals surface area contributed by atoms with Gasteiger partial charge in [0, 0.05) is 7.05 Å². The van der Waals surface area contributed by atoms with E-state index in [0.717, 1.165) is 21.3 Å². The number of ether oxygens (including phenoxy) is 2. The van der Waals surface area contributed by atoms with Crippen LogP contribution in [0.25, 0.3) is 6.08 Å². The Kier molecular flexibility index (Phi) is 7.29. The van der Waals surface area contributed by atoms with Crippen LogP contribution in [0.15, 0.2) is 76.9 Å². The first-order valence-electron chi connectivity index (χ1n) is 10.6. The van der Waals surface area contributed by atoms with Gasteiger partial charge in [0.15, 0.2) is 5.11 Å². The maximum absolute atomic E-state index is 13.4. The van der Waals surface area contributed by atoms with Gasteiger partial charge in [0.25, 0.3) is 5.91 Å². The Bertz CT molecular complexity index is 1260. The predicted molar refractivity (Wildman–Crippen MR) is 138 cm³/mol. The molecule has 0 aromatic heterocycles. The lowest BCUT2D eigenvalue weighted by atomic mass is 10.1. The van der Waals surface area contributed by atoms with Crippen molar-refractivity contribution in [2.75, 3.05) is 18.6 Å². The van der Waals surface area contributed by atoms with Crippen LogP contribution in [-0.2, 0) is 11.4 Å². The number of rotatable bonds is 7. The highest BCUT2D eigenvalue weighted by Crippen LogP contribution is 2.31. The number of carbonyl (C=O) groups excluding carboxylic acids is 1. The SMILES string of the molecule is CCOc1ccc(N2C(=O)/C(=C/c3ccc(OCc4cccc(F)c4)c(Br)c3)N(C)C2=S)cc1. The molecule has 0 N–H and O–H groups in total. The van der Waals surface area contributed by atoms with Crippen LogP contribution < -0.4 is 14.4 Å². The summed E-state index contributed by atoms with van der Waals surface area (Å²) in [6, 6.07) is 19.0. The predicted octanol–water partition coefficient (Wildman–Crippen LogP) is 6.17. The van der Waals surface area contributed by atoms with Gasteiger partial charge in [-0.3, -0.25) is 9.69 Å². The van der Waals surface area contributed by atoms with Crippen molar-refractivity contribution in [3.05, 3.63) is 93.8 Å². The molecule has 1 fully saturated rings. The third kappa shape index (κ3) is 5.13. The number of halogens is 2. The summed E-state index contributed by atoms with van der Waals surface area (Å²) < 4.78 is 25.4. The summed E-state index contributed by atoms with van der Waals surface area (Å²) in [6.07, 6.45) is 1.78. The highest BCUT2D eigenvalue weighted by atomic mass is 79.9. The number of amides is 1. The van der Waals surface area contributed by atoms with Crippen LogP contribution in [0.2, 0.25) is 0 Å². The summed E-state index contributed by atoms with van der Waals surface area (Å²) in [4.78, 5) is 16.4. The average Bonchev–Trinajstić information content (AvgIpc) is 3.02. The largest absolute Gasteiger partial charge is 0.494 e. The van der Waals surface area contributed by atoms with E-state index in [2.05, 4.69) is 15.9 Å². The zero-order valence-corrected chi connectivity index (χ0v) is 21.0. The maximum Gasteiger partial charge on any atom is 0.281 e. The van der Waals surface area contributed by atoms with Gasteiger partial charge >= 0.3 is 0 Å². The van der Waals surface area contributed by atoms with Crippen LogP contribution in [0.5, 0.6) is 11.5 Å². The van der Waals surface area contributed by atoms with E-state index in [9.17, 15) is 9.18 Å². The fourth-order valence-electron chi connectivity index (χ4n) is 3.51. The molecule has 5 nitrogen and oxygen atoms in total. The molecule has 1 amide bonds. The summed E-state index contributed by atoms with van der Waals surface area (Å²) in [5, 5.41) is 0.398. The third-order valence-electron chi connectivity index (χ3n) is 5.21. The minimum Gasteiger partial charge on any atom is -0.494 e. The molecule has 0 bridgehead atoms. The van der Waals surface area contributed by atoms with Gasteiger partial charge in [-0.25, -0.2) is 4.39 Å². The first-order chi connectivity index (χ1) is 16.4. The van der Waals surface area contributed by atoms with Gasteiger partial charge in [-0.1, -0.05) is 18.2 Å². The van der Waals surface area contributed by atoms with Crippen LogP contribution in [0.1, 0.15) is 18.1 Å². The number of hydrogen-bond acceptors (Lipinski definition) is 4. The Morgan fingerprint density at radius 1 is 1.06 bits per heavy atom. The number of hydrogen-bond donors (Lipinski definition) is 0. The molecule has 174 valence electrons. The Morgan fingerprint density at radius 3 is 2.50 bits per heavy atom. The number of anilines is 1. The molecule has 1 heterocycles. The minimum atomic E-state index is -0.301. The van der Waals surface area contributed by atoms with E-state index in [1.807, 2.05) is 43.3 Å². The normalized spacial score (nSPS) is 14.8. The van der Waals surface area contributed by atoms with Gasteiger partial charge < -0.3 is 14.4 Å². The topological polar surface area (TPSA) is 42.0 Å². The number of benzene rings is 3. The molecule has 1 aliphatic rings. The lowest BCUT2D eigenvalue weighted by molar-refractivity contribution is -0.114. The summed E-state index contributed by atoms with van der Waals surface area (Å²) in [5.74, 6) is 0.838. The third-order valence-corrected chi connectivity index (χ3v) is 6.29. The second kappa shape index (κ2) is 10.4. The van der Waals surface area contributed by atoms with Crippen molar-refractivity contribution in [1.82, 2.24) is 4.90 Å². The van der Waals surface area contributed by atoms with Crippen LogP contribution in [0, 0.1) is 5.82 Å². The summed E-state index contributed by atoms with van der Waals surface area (Å²) in [7, 11) is 1.77. The molecule has 0 spiro atoms. The van der Waals surface area contributed by atoms with E-state index in [1.165, 1.54) is 17.0 Å². The molecule has 4 rings (SSSR count). The number of thiocarbonyl (C=S) groups is 1. The molecule has 34 heavy (non-hydrogen) atoms. The van der Waals surface area contributed by atoms with E-state index in [-0.39, 0.29) is 18.3 Å². The standard InChI is InChI=1S/C26H22BrFN2O3S/c1-3-32-21-10-8-20(9-11-21)30-25(31)23(29(2)26(30)34)15-17-7-12-24(22(27)14-17)33-16-18-5-4-6-19(28)13-18/h4-15H,3,16H2,1-2H3/b23-15-. The second-order valence-electron chi connectivity index (χ2n) is 7.55. The Hall–Kier alpha value is -3.23. The first kappa shape index (κ1) is 23.9. The van der Waals surface area contributed by atoms with Crippen molar-refractivity contribution in [3.63, 3.8) is 0 Å². The quantitative estimate of drug-likeness (QED) is 0.265. The van der Waals surface area contributed by atoms with Gasteiger partial charge in [0.1, 0.15) is 29.6 Å². The monoisotopic (exact) mass is 540 g/mol.